The first-order valence-electron chi connectivity index (χ1n) is 6.99. The molecule has 0 N–H and O–H groups in total. The van der Waals surface area contributed by atoms with Crippen LogP contribution in [0.2, 0.25) is 0 Å². The van der Waals surface area contributed by atoms with E-state index in [2.05, 4.69) is 0 Å². The Morgan fingerprint density at radius 3 is 2.50 bits per heavy atom. The molecule has 2 aliphatic rings. The van der Waals surface area contributed by atoms with Crippen LogP contribution in [0.3, 0.4) is 0 Å². The van der Waals surface area contributed by atoms with Gasteiger partial charge >= 0.3 is 5.97 Å². The van der Waals surface area contributed by atoms with Crippen molar-refractivity contribution in [2.24, 2.45) is 17.8 Å². The molecule has 16 heavy (non-hydrogen) atoms. The van der Waals surface area contributed by atoms with Gasteiger partial charge in [-0.1, -0.05) is 38.5 Å². The molecule has 0 radical (unpaired) electrons. The Kier molecular flexibility index (Phi) is 4.25. The maximum Gasteiger partial charge on any atom is 0.309 e. The van der Waals surface area contributed by atoms with Crippen LogP contribution in [0.25, 0.3) is 0 Å². The van der Waals surface area contributed by atoms with E-state index in [1.807, 2.05) is 6.92 Å². The summed E-state index contributed by atoms with van der Waals surface area (Å²) < 4.78 is 5.21. The summed E-state index contributed by atoms with van der Waals surface area (Å²) in [7, 11) is 0. The van der Waals surface area contributed by atoms with Gasteiger partial charge in [0.15, 0.2) is 0 Å². The predicted octanol–water partition coefficient (Wildman–Crippen LogP) is 3.55. The molecule has 2 saturated carbocycles. The lowest BCUT2D eigenvalue weighted by Crippen LogP contribution is -2.28. The average Bonchev–Trinajstić information content (AvgIpc) is 2.79. The second kappa shape index (κ2) is 5.70. The molecule has 0 aromatic carbocycles. The van der Waals surface area contributed by atoms with Crippen LogP contribution in [0.15, 0.2) is 0 Å². The fourth-order valence-corrected chi connectivity index (χ4v) is 3.66. The lowest BCUT2D eigenvalue weighted by atomic mass is 9.75. The van der Waals surface area contributed by atoms with Crippen molar-refractivity contribution in [3.8, 4) is 0 Å². The first kappa shape index (κ1) is 11.9. The van der Waals surface area contributed by atoms with Crippen LogP contribution >= 0.6 is 0 Å². The van der Waals surface area contributed by atoms with Gasteiger partial charge in [-0.2, -0.15) is 0 Å². The maximum atomic E-state index is 11.9. The highest BCUT2D eigenvalue weighted by atomic mass is 16.5. The van der Waals surface area contributed by atoms with Gasteiger partial charge in [0.25, 0.3) is 0 Å². The minimum atomic E-state index is 0.0792. The second-order valence-electron chi connectivity index (χ2n) is 5.35. The minimum absolute atomic E-state index is 0.0792. The summed E-state index contributed by atoms with van der Waals surface area (Å²) in [5.74, 6) is 1.75. The van der Waals surface area contributed by atoms with Crippen molar-refractivity contribution in [2.75, 3.05) is 6.61 Å². The van der Waals surface area contributed by atoms with Crippen LogP contribution < -0.4 is 0 Å². The average molecular weight is 224 g/mol. The minimum Gasteiger partial charge on any atom is -0.466 e. The summed E-state index contributed by atoms with van der Waals surface area (Å²) in [6.07, 6.45) is 10.4. The molecule has 0 aliphatic heterocycles. The lowest BCUT2D eigenvalue weighted by molar-refractivity contribution is -0.150. The number of rotatable bonds is 3. The van der Waals surface area contributed by atoms with E-state index in [1.165, 1.54) is 44.9 Å². The first-order valence-corrected chi connectivity index (χ1v) is 6.99. The summed E-state index contributed by atoms with van der Waals surface area (Å²) in [6.45, 7) is 2.44. The van der Waals surface area contributed by atoms with Crippen LogP contribution in [-0.2, 0) is 9.53 Å². The van der Waals surface area contributed by atoms with Crippen LogP contribution in [0.4, 0.5) is 0 Å². The number of esters is 1. The molecule has 2 unspecified atom stereocenters. The third-order valence-electron chi connectivity index (χ3n) is 4.41. The van der Waals surface area contributed by atoms with E-state index in [4.69, 9.17) is 4.74 Å². The monoisotopic (exact) mass is 224 g/mol. The molecule has 2 aliphatic carbocycles. The van der Waals surface area contributed by atoms with Crippen LogP contribution in [0.1, 0.15) is 58.3 Å². The molecule has 0 amide bonds. The third kappa shape index (κ3) is 2.58. The van der Waals surface area contributed by atoms with E-state index in [1.54, 1.807) is 0 Å². The fraction of sp³-hybridized carbons (Fsp3) is 0.929. The molecule has 2 fully saturated rings. The standard InChI is InChI=1S/C14H24O2/c1-2-16-14(15)13-10-6-9-12(13)11-7-4-3-5-8-11/h11-13H,2-10H2,1H3. The van der Waals surface area contributed by atoms with E-state index >= 15 is 0 Å². The summed E-state index contributed by atoms with van der Waals surface area (Å²) in [4.78, 5) is 11.9. The molecule has 0 spiro atoms. The predicted molar refractivity (Wildman–Crippen MR) is 64.0 cm³/mol. The van der Waals surface area contributed by atoms with E-state index in [-0.39, 0.29) is 11.9 Å². The molecule has 92 valence electrons. The van der Waals surface area contributed by atoms with Crippen LogP contribution in [0.5, 0.6) is 0 Å². The number of carbonyl (C=O) groups excluding carboxylic acids is 1. The van der Waals surface area contributed by atoms with E-state index in [0.29, 0.717) is 12.5 Å². The van der Waals surface area contributed by atoms with Crippen LogP contribution in [-0.4, -0.2) is 12.6 Å². The van der Waals surface area contributed by atoms with Gasteiger partial charge in [0.2, 0.25) is 0 Å². The van der Waals surface area contributed by atoms with E-state index in [0.717, 1.165) is 12.3 Å². The summed E-state index contributed by atoms with van der Waals surface area (Å²) in [5.41, 5.74) is 0. The third-order valence-corrected chi connectivity index (χ3v) is 4.41. The van der Waals surface area contributed by atoms with Gasteiger partial charge in [-0.05, 0) is 31.6 Å². The molecule has 0 saturated heterocycles. The van der Waals surface area contributed by atoms with Gasteiger partial charge in [-0.3, -0.25) is 4.79 Å². The largest absolute Gasteiger partial charge is 0.466 e. The Labute approximate surface area is 98.7 Å². The van der Waals surface area contributed by atoms with Crippen molar-refractivity contribution in [2.45, 2.75) is 58.3 Å². The zero-order chi connectivity index (χ0) is 11.4. The topological polar surface area (TPSA) is 26.3 Å². The number of carbonyl (C=O) groups is 1. The summed E-state index contributed by atoms with van der Waals surface area (Å²) in [5, 5.41) is 0. The molecule has 2 rings (SSSR count). The van der Waals surface area contributed by atoms with Crippen molar-refractivity contribution < 1.29 is 9.53 Å². The van der Waals surface area contributed by atoms with Crippen molar-refractivity contribution in [3.05, 3.63) is 0 Å². The normalized spacial score (nSPS) is 31.6. The van der Waals surface area contributed by atoms with Crippen molar-refractivity contribution in [1.82, 2.24) is 0 Å². The number of ether oxygens (including phenoxy) is 1. The number of hydrogen-bond donors (Lipinski definition) is 0. The highest BCUT2D eigenvalue weighted by Gasteiger charge is 2.38. The molecule has 0 heterocycles. The molecular formula is C14H24O2. The van der Waals surface area contributed by atoms with Gasteiger partial charge in [0, 0.05) is 0 Å². The Morgan fingerprint density at radius 1 is 1.06 bits per heavy atom. The van der Waals surface area contributed by atoms with Crippen LogP contribution in [0, 0.1) is 17.8 Å². The Balaban J connectivity index is 1.93. The van der Waals surface area contributed by atoms with Gasteiger partial charge in [0.05, 0.1) is 12.5 Å². The molecule has 2 heteroatoms. The lowest BCUT2D eigenvalue weighted by Gasteiger charge is -2.30. The maximum absolute atomic E-state index is 11.9. The molecular weight excluding hydrogens is 200 g/mol. The Hall–Kier alpha value is -0.530. The smallest absolute Gasteiger partial charge is 0.309 e. The molecule has 2 nitrogen and oxygen atoms in total. The molecule has 0 aromatic rings. The molecule has 0 aromatic heterocycles. The first-order chi connectivity index (χ1) is 7.83. The summed E-state index contributed by atoms with van der Waals surface area (Å²) >= 11 is 0. The summed E-state index contributed by atoms with van der Waals surface area (Å²) in [6, 6.07) is 0. The van der Waals surface area contributed by atoms with Gasteiger partial charge in [-0.25, -0.2) is 0 Å². The highest BCUT2D eigenvalue weighted by Crippen LogP contribution is 2.43. The second-order valence-corrected chi connectivity index (χ2v) is 5.35. The Morgan fingerprint density at radius 2 is 1.81 bits per heavy atom. The van der Waals surface area contributed by atoms with Crippen molar-refractivity contribution in [3.63, 3.8) is 0 Å². The highest BCUT2D eigenvalue weighted by molar-refractivity contribution is 5.73. The number of hydrogen-bond acceptors (Lipinski definition) is 2. The van der Waals surface area contributed by atoms with Gasteiger partial charge in [-0.15, -0.1) is 0 Å². The SMILES string of the molecule is CCOC(=O)C1CCCC1C1CCCCC1. The van der Waals surface area contributed by atoms with Crippen molar-refractivity contribution in [1.29, 1.82) is 0 Å². The zero-order valence-corrected chi connectivity index (χ0v) is 10.4. The molecule has 2 atom stereocenters. The van der Waals surface area contributed by atoms with Gasteiger partial charge < -0.3 is 4.74 Å². The Bertz CT molecular complexity index is 231. The quantitative estimate of drug-likeness (QED) is 0.685. The van der Waals surface area contributed by atoms with Gasteiger partial charge in [0.1, 0.15) is 0 Å². The van der Waals surface area contributed by atoms with E-state index < -0.39 is 0 Å². The zero-order valence-electron chi connectivity index (χ0n) is 10.4. The fourth-order valence-electron chi connectivity index (χ4n) is 3.66. The van der Waals surface area contributed by atoms with E-state index in [9.17, 15) is 4.79 Å². The molecule has 0 bridgehead atoms. The van der Waals surface area contributed by atoms with Crippen molar-refractivity contribution >= 4 is 5.97 Å².